The van der Waals surface area contributed by atoms with Crippen molar-refractivity contribution in [3.05, 3.63) is 72.3 Å². The largest absolute Gasteiger partial charge is 0.478 e. The lowest BCUT2D eigenvalue weighted by Gasteiger charge is -2.14. The van der Waals surface area contributed by atoms with Crippen LogP contribution in [0.25, 0.3) is 0 Å². The van der Waals surface area contributed by atoms with Crippen LogP contribution < -0.4 is 5.73 Å². The number of nitrogens with two attached hydrogens (primary N) is 1. The van der Waals surface area contributed by atoms with Crippen molar-refractivity contribution in [2.24, 2.45) is 5.73 Å². The molecule has 2 aromatic carbocycles. The molecule has 5 nitrogen and oxygen atoms in total. The molecule has 0 saturated carbocycles. The smallest absolute Gasteiger partial charge is 0.328 e. The fourth-order valence-corrected chi connectivity index (χ4v) is 2.95. The molecule has 0 spiro atoms. The molecule has 0 aliphatic rings. The Bertz CT molecular complexity index is 700. The van der Waals surface area contributed by atoms with Crippen LogP contribution >= 0.6 is 11.8 Å². The Morgan fingerprint density at radius 2 is 1.52 bits per heavy atom. The zero-order chi connectivity index (χ0) is 18.7. The van der Waals surface area contributed by atoms with E-state index < -0.39 is 11.9 Å². The first-order valence-corrected chi connectivity index (χ1v) is 8.41. The zero-order valence-corrected chi connectivity index (χ0v) is 14.6. The van der Waals surface area contributed by atoms with Crippen molar-refractivity contribution in [3.8, 4) is 0 Å². The van der Waals surface area contributed by atoms with Gasteiger partial charge in [0.15, 0.2) is 0 Å². The van der Waals surface area contributed by atoms with Gasteiger partial charge in [-0.05, 0) is 36.2 Å². The number of rotatable bonds is 6. The van der Waals surface area contributed by atoms with E-state index in [2.05, 4.69) is 55.5 Å². The SMILES string of the molecule is CC(CN)c1ccccc1Sc1ccccc1.O=C(O)C=CC(=O)O. The monoisotopic (exact) mass is 359 g/mol. The van der Waals surface area contributed by atoms with Crippen molar-refractivity contribution in [1.82, 2.24) is 0 Å². The summed E-state index contributed by atoms with van der Waals surface area (Å²) in [5.41, 5.74) is 7.09. The van der Waals surface area contributed by atoms with E-state index in [4.69, 9.17) is 15.9 Å². The van der Waals surface area contributed by atoms with Crippen molar-refractivity contribution >= 4 is 23.7 Å². The Labute approximate surface area is 151 Å². The van der Waals surface area contributed by atoms with Gasteiger partial charge in [0.2, 0.25) is 0 Å². The summed E-state index contributed by atoms with van der Waals surface area (Å²) in [6.45, 7) is 2.86. The molecule has 2 rings (SSSR count). The second kappa shape index (κ2) is 11.1. The first-order chi connectivity index (χ1) is 11.9. The topological polar surface area (TPSA) is 101 Å². The minimum absolute atomic E-state index is 0.405. The fraction of sp³-hybridized carbons (Fsp3) is 0.158. The van der Waals surface area contributed by atoms with E-state index in [0.717, 1.165) is 0 Å². The summed E-state index contributed by atoms with van der Waals surface area (Å²) in [5, 5.41) is 15.6. The molecule has 4 N–H and O–H groups in total. The molecule has 0 aliphatic heterocycles. The molecular weight excluding hydrogens is 338 g/mol. The third kappa shape index (κ3) is 8.19. The minimum atomic E-state index is -1.26. The molecule has 0 aliphatic carbocycles. The molecule has 2 aromatic rings. The van der Waals surface area contributed by atoms with E-state index in [-0.39, 0.29) is 0 Å². The lowest BCUT2D eigenvalue weighted by Crippen LogP contribution is -2.09. The summed E-state index contributed by atoms with van der Waals surface area (Å²) in [6, 6.07) is 18.9. The Morgan fingerprint density at radius 1 is 1.00 bits per heavy atom. The molecule has 6 heteroatoms. The van der Waals surface area contributed by atoms with Crippen LogP contribution in [-0.4, -0.2) is 28.7 Å². The quantitative estimate of drug-likeness (QED) is 0.681. The molecule has 0 aromatic heterocycles. The average molecular weight is 359 g/mol. The highest BCUT2D eigenvalue weighted by Crippen LogP contribution is 2.33. The number of carboxylic acids is 2. The van der Waals surface area contributed by atoms with Crippen molar-refractivity contribution in [2.45, 2.75) is 22.6 Å². The number of hydrogen-bond donors (Lipinski definition) is 3. The van der Waals surface area contributed by atoms with Gasteiger partial charge in [0.05, 0.1) is 0 Å². The number of aliphatic carboxylic acids is 2. The maximum Gasteiger partial charge on any atom is 0.328 e. The average Bonchev–Trinajstić information content (AvgIpc) is 2.61. The summed E-state index contributed by atoms with van der Waals surface area (Å²) in [4.78, 5) is 21.7. The van der Waals surface area contributed by atoms with E-state index in [9.17, 15) is 9.59 Å². The van der Waals surface area contributed by atoms with E-state index in [1.807, 2.05) is 6.07 Å². The maximum atomic E-state index is 9.55. The van der Waals surface area contributed by atoms with Crippen LogP contribution in [0, 0.1) is 0 Å². The number of carboxylic acid groups (broad SMARTS) is 2. The summed E-state index contributed by atoms with van der Waals surface area (Å²) in [5.74, 6) is -2.11. The van der Waals surface area contributed by atoms with E-state index in [0.29, 0.717) is 24.6 Å². The Balaban J connectivity index is 0.000000333. The molecule has 0 heterocycles. The van der Waals surface area contributed by atoms with E-state index in [1.165, 1.54) is 15.4 Å². The lowest BCUT2D eigenvalue weighted by atomic mass is 10.0. The fourth-order valence-electron chi connectivity index (χ4n) is 1.87. The highest BCUT2D eigenvalue weighted by molar-refractivity contribution is 7.99. The number of benzene rings is 2. The molecule has 0 saturated heterocycles. The van der Waals surface area contributed by atoms with Gasteiger partial charge in [-0.3, -0.25) is 0 Å². The Kier molecular flexibility index (Phi) is 9.06. The summed E-state index contributed by atoms with van der Waals surface area (Å²) < 4.78 is 0. The van der Waals surface area contributed by atoms with E-state index >= 15 is 0 Å². The summed E-state index contributed by atoms with van der Waals surface area (Å²) in [7, 11) is 0. The highest BCUT2D eigenvalue weighted by atomic mass is 32.2. The first kappa shape index (κ1) is 20.5. The second-order valence-corrected chi connectivity index (χ2v) is 6.21. The third-order valence-electron chi connectivity index (χ3n) is 3.14. The van der Waals surface area contributed by atoms with Crippen molar-refractivity contribution < 1.29 is 19.8 Å². The first-order valence-electron chi connectivity index (χ1n) is 7.59. The normalized spacial score (nSPS) is 11.4. The van der Waals surface area contributed by atoms with E-state index in [1.54, 1.807) is 11.8 Å². The van der Waals surface area contributed by atoms with Gasteiger partial charge in [-0.2, -0.15) is 0 Å². The summed E-state index contributed by atoms with van der Waals surface area (Å²) in [6.07, 6.45) is 1.12. The predicted octanol–water partition coefficient (Wildman–Crippen LogP) is 3.61. The van der Waals surface area contributed by atoms with Gasteiger partial charge < -0.3 is 15.9 Å². The molecule has 0 amide bonds. The Hall–Kier alpha value is -2.57. The minimum Gasteiger partial charge on any atom is -0.478 e. The van der Waals surface area contributed by atoms with Crippen LogP contribution in [0.4, 0.5) is 0 Å². The third-order valence-corrected chi connectivity index (χ3v) is 4.24. The van der Waals surface area contributed by atoms with Crippen LogP contribution in [0.15, 0.2) is 76.5 Å². The van der Waals surface area contributed by atoms with Gasteiger partial charge >= 0.3 is 11.9 Å². The molecule has 0 fully saturated rings. The van der Waals surface area contributed by atoms with Gasteiger partial charge in [0, 0.05) is 21.9 Å². The lowest BCUT2D eigenvalue weighted by molar-refractivity contribution is -0.134. The molecule has 132 valence electrons. The standard InChI is InChI=1S/C15H17NS.C4H4O4/c1-12(11-16)14-9-5-6-10-15(14)17-13-7-3-2-4-8-13;5-3(6)1-2-4(7)8/h2-10,12H,11,16H2,1H3;1-2H,(H,5,6)(H,7,8). The molecule has 25 heavy (non-hydrogen) atoms. The number of hydrogen-bond acceptors (Lipinski definition) is 4. The van der Waals surface area contributed by atoms with Crippen LogP contribution in [-0.2, 0) is 9.59 Å². The predicted molar refractivity (Wildman–Crippen MR) is 98.9 cm³/mol. The second-order valence-electron chi connectivity index (χ2n) is 5.10. The summed E-state index contributed by atoms with van der Waals surface area (Å²) >= 11 is 1.80. The molecule has 0 bridgehead atoms. The van der Waals surface area contributed by atoms with Crippen molar-refractivity contribution in [3.63, 3.8) is 0 Å². The van der Waals surface area contributed by atoms with Crippen molar-refractivity contribution in [2.75, 3.05) is 6.54 Å². The van der Waals surface area contributed by atoms with Crippen LogP contribution in [0.1, 0.15) is 18.4 Å². The molecular formula is C19H21NO4S. The van der Waals surface area contributed by atoms with Crippen LogP contribution in [0.5, 0.6) is 0 Å². The maximum absolute atomic E-state index is 9.55. The van der Waals surface area contributed by atoms with Gasteiger partial charge in [0.1, 0.15) is 0 Å². The van der Waals surface area contributed by atoms with Gasteiger partial charge in [-0.1, -0.05) is 55.1 Å². The molecule has 1 atom stereocenters. The van der Waals surface area contributed by atoms with Crippen LogP contribution in [0.3, 0.4) is 0 Å². The molecule has 1 unspecified atom stereocenters. The van der Waals surface area contributed by atoms with Crippen molar-refractivity contribution in [1.29, 1.82) is 0 Å². The van der Waals surface area contributed by atoms with Gasteiger partial charge in [0.25, 0.3) is 0 Å². The van der Waals surface area contributed by atoms with Gasteiger partial charge in [-0.15, -0.1) is 0 Å². The van der Waals surface area contributed by atoms with Gasteiger partial charge in [-0.25, -0.2) is 9.59 Å². The Morgan fingerprint density at radius 3 is 2.04 bits per heavy atom. The van der Waals surface area contributed by atoms with Crippen LogP contribution in [0.2, 0.25) is 0 Å². The molecule has 0 radical (unpaired) electrons. The number of carbonyl (C=O) groups is 2. The highest BCUT2D eigenvalue weighted by Gasteiger charge is 2.09. The zero-order valence-electron chi connectivity index (χ0n) is 13.8.